The molecule has 28 heavy (non-hydrogen) atoms. The van der Waals surface area contributed by atoms with E-state index in [0.717, 1.165) is 22.7 Å². The lowest BCUT2D eigenvalue weighted by molar-refractivity contribution is -0.107. The van der Waals surface area contributed by atoms with Gasteiger partial charge in [-0.15, -0.1) is 0 Å². The number of ether oxygens (including phenoxy) is 4. The molecule has 0 aromatic heterocycles. The van der Waals surface area contributed by atoms with Crippen LogP contribution < -0.4 is 23.8 Å². The minimum atomic E-state index is -0.0300. The zero-order chi connectivity index (χ0) is 19.8. The van der Waals surface area contributed by atoms with E-state index in [2.05, 4.69) is 0 Å². The molecule has 0 saturated carbocycles. The second-order valence-corrected chi connectivity index (χ2v) is 6.30. The van der Waals surface area contributed by atoms with Crippen molar-refractivity contribution in [2.75, 3.05) is 33.0 Å². The minimum Gasteiger partial charge on any atom is -0.504 e. The molecule has 0 radical (unpaired) electrons. The first kappa shape index (κ1) is 17.8. The average molecular weight is 381 g/mol. The first-order chi connectivity index (χ1) is 13.6. The van der Waals surface area contributed by atoms with E-state index in [-0.39, 0.29) is 18.3 Å². The Morgan fingerprint density at radius 3 is 2.36 bits per heavy atom. The molecule has 1 N–H and O–H groups in total. The summed E-state index contributed by atoms with van der Waals surface area (Å²) in [6, 6.07) is 10.8. The molecule has 0 fully saturated rings. The molecule has 1 heterocycles. The van der Waals surface area contributed by atoms with E-state index < -0.39 is 0 Å². The maximum absolute atomic E-state index is 11.7. The lowest BCUT2D eigenvalue weighted by Gasteiger charge is -2.21. The van der Waals surface area contributed by atoms with Crippen molar-refractivity contribution >= 4 is 22.9 Å². The van der Waals surface area contributed by atoms with E-state index >= 15 is 0 Å². The number of methoxy groups -OCH3 is 2. The topological polar surface area (TPSA) is 77.5 Å². The number of phenols is 1. The Morgan fingerprint density at radius 1 is 1.00 bits per heavy atom. The summed E-state index contributed by atoms with van der Waals surface area (Å²) in [5.41, 5.74) is 2.10. The van der Waals surface area contributed by atoms with Gasteiger partial charge in [-0.3, -0.25) is 4.79 Å². The molecule has 1 amide bonds. The van der Waals surface area contributed by atoms with Crippen LogP contribution >= 0.6 is 0 Å². The number of nitrogens with zero attached hydrogens (tertiary/aromatic N) is 1. The zero-order valence-electron chi connectivity index (χ0n) is 15.7. The van der Waals surface area contributed by atoms with Gasteiger partial charge in [-0.1, -0.05) is 12.1 Å². The van der Waals surface area contributed by atoms with Crippen LogP contribution in [0.4, 0.5) is 5.69 Å². The molecule has 0 spiro atoms. The van der Waals surface area contributed by atoms with Crippen LogP contribution in [0.2, 0.25) is 0 Å². The normalized spacial score (nSPS) is 12.1. The van der Waals surface area contributed by atoms with Gasteiger partial charge in [-0.25, -0.2) is 0 Å². The van der Waals surface area contributed by atoms with Gasteiger partial charge >= 0.3 is 0 Å². The fraction of sp³-hybridized carbons (Fsp3) is 0.190. The van der Waals surface area contributed by atoms with Crippen LogP contribution in [0.25, 0.3) is 21.9 Å². The maximum Gasteiger partial charge on any atom is 0.231 e. The van der Waals surface area contributed by atoms with Gasteiger partial charge in [-0.05, 0) is 29.7 Å². The Labute approximate surface area is 161 Å². The number of amides is 1. The number of phenolic OH excluding ortho intramolecular Hbond substituents is 1. The number of hydrogen-bond donors (Lipinski definition) is 1. The Balaban J connectivity index is 2.05. The fourth-order valence-electron chi connectivity index (χ4n) is 3.51. The summed E-state index contributed by atoms with van der Waals surface area (Å²) in [7, 11) is 4.64. The van der Waals surface area contributed by atoms with Crippen molar-refractivity contribution in [2.45, 2.75) is 0 Å². The number of rotatable bonds is 5. The molecule has 0 saturated heterocycles. The summed E-state index contributed by atoms with van der Waals surface area (Å²) in [4.78, 5) is 13.2. The van der Waals surface area contributed by atoms with Crippen LogP contribution in [-0.2, 0) is 4.79 Å². The standard InChI is InChI=1S/C21H19NO6/c1-22(10-23)19-13(14-6-7-16(24)21(26-3)20(14)25-2)5-4-12-8-17-18(9-15(12)19)28-11-27-17/h4-10,24H,11H2,1-3H3. The molecule has 1 aliphatic rings. The number of fused-ring (bicyclic) bond motifs is 2. The minimum absolute atomic E-state index is 0.0300. The van der Waals surface area contributed by atoms with E-state index in [0.29, 0.717) is 28.5 Å². The SMILES string of the molecule is COc1c(O)ccc(-c2ccc3cc4c(cc3c2N(C)C=O)OCO4)c1OC. The largest absolute Gasteiger partial charge is 0.504 e. The van der Waals surface area contributed by atoms with Gasteiger partial charge in [0, 0.05) is 23.6 Å². The molecule has 0 bridgehead atoms. The highest BCUT2D eigenvalue weighted by Crippen LogP contribution is 2.49. The summed E-state index contributed by atoms with van der Waals surface area (Å²) in [6.07, 6.45) is 0.743. The maximum atomic E-state index is 11.7. The van der Waals surface area contributed by atoms with E-state index in [4.69, 9.17) is 18.9 Å². The molecule has 1 aliphatic heterocycles. The summed E-state index contributed by atoms with van der Waals surface area (Å²) in [6.45, 7) is 0.167. The number of carbonyl (C=O) groups excluding carboxylic acids is 1. The molecule has 0 atom stereocenters. The third kappa shape index (κ3) is 2.63. The number of carbonyl (C=O) groups is 1. The van der Waals surface area contributed by atoms with E-state index in [1.54, 1.807) is 13.1 Å². The van der Waals surface area contributed by atoms with Crippen molar-refractivity contribution in [3.8, 4) is 39.9 Å². The van der Waals surface area contributed by atoms with E-state index in [1.807, 2.05) is 24.3 Å². The van der Waals surface area contributed by atoms with E-state index in [9.17, 15) is 9.90 Å². The number of aromatic hydroxyl groups is 1. The molecule has 7 heteroatoms. The predicted octanol–water partition coefficient (Wildman–Crippen LogP) is 3.55. The van der Waals surface area contributed by atoms with E-state index in [1.165, 1.54) is 25.2 Å². The molecule has 4 rings (SSSR count). The third-order valence-electron chi connectivity index (χ3n) is 4.79. The molecule has 0 aliphatic carbocycles. The summed E-state index contributed by atoms with van der Waals surface area (Å²) in [5.74, 6) is 1.87. The molecular weight excluding hydrogens is 362 g/mol. The van der Waals surface area contributed by atoms with Gasteiger partial charge in [0.2, 0.25) is 19.0 Å². The lowest BCUT2D eigenvalue weighted by Crippen LogP contribution is -2.15. The van der Waals surface area contributed by atoms with Gasteiger partial charge in [-0.2, -0.15) is 0 Å². The van der Waals surface area contributed by atoms with Crippen molar-refractivity contribution in [2.24, 2.45) is 0 Å². The predicted molar refractivity (Wildman–Crippen MR) is 105 cm³/mol. The second kappa shape index (κ2) is 6.84. The monoisotopic (exact) mass is 381 g/mol. The number of anilines is 1. The molecule has 144 valence electrons. The molecule has 3 aromatic rings. The van der Waals surface area contributed by atoms with Crippen LogP contribution in [0, 0.1) is 0 Å². The van der Waals surface area contributed by atoms with Crippen LogP contribution in [-0.4, -0.2) is 39.6 Å². The highest BCUT2D eigenvalue weighted by molar-refractivity contribution is 6.07. The van der Waals surface area contributed by atoms with Crippen molar-refractivity contribution < 1.29 is 28.8 Å². The Bertz CT molecular complexity index is 1080. The van der Waals surface area contributed by atoms with Gasteiger partial charge < -0.3 is 29.0 Å². The second-order valence-electron chi connectivity index (χ2n) is 6.30. The van der Waals surface area contributed by atoms with Gasteiger partial charge in [0.05, 0.1) is 19.9 Å². The van der Waals surface area contributed by atoms with Gasteiger partial charge in [0.1, 0.15) is 0 Å². The van der Waals surface area contributed by atoms with Gasteiger partial charge in [0.25, 0.3) is 0 Å². The summed E-state index contributed by atoms with van der Waals surface area (Å²) >= 11 is 0. The van der Waals surface area contributed by atoms with Crippen molar-refractivity contribution in [3.63, 3.8) is 0 Å². The molecule has 7 nitrogen and oxygen atoms in total. The third-order valence-corrected chi connectivity index (χ3v) is 4.79. The highest BCUT2D eigenvalue weighted by atomic mass is 16.7. The Hall–Kier alpha value is -3.61. The van der Waals surface area contributed by atoms with Crippen LogP contribution in [0.15, 0.2) is 36.4 Å². The highest BCUT2D eigenvalue weighted by Gasteiger charge is 2.23. The summed E-state index contributed by atoms with van der Waals surface area (Å²) in [5, 5.41) is 11.8. The lowest BCUT2D eigenvalue weighted by atomic mass is 9.96. The average Bonchev–Trinajstić information content (AvgIpc) is 3.17. The Kier molecular flexibility index (Phi) is 4.35. The van der Waals surface area contributed by atoms with Crippen molar-refractivity contribution in [3.05, 3.63) is 36.4 Å². The van der Waals surface area contributed by atoms with Crippen LogP contribution in [0.1, 0.15) is 0 Å². The quantitative estimate of drug-likeness (QED) is 0.681. The van der Waals surface area contributed by atoms with Crippen LogP contribution in [0.5, 0.6) is 28.7 Å². The summed E-state index contributed by atoms with van der Waals surface area (Å²) < 4.78 is 21.8. The first-order valence-electron chi connectivity index (χ1n) is 8.57. The zero-order valence-corrected chi connectivity index (χ0v) is 15.7. The number of benzene rings is 3. The smallest absolute Gasteiger partial charge is 0.231 e. The van der Waals surface area contributed by atoms with Crippen molar-refractivity contribution in [1.29, 1.82) is 0 Å². The first-order valence-corrected chi connectivity index (χ1v) is 8.57. The fourth-order valence-corrected chi connectivity index (χ4v) is 3.51. The molecule has 3 aromatic carbocycles. The van der Waals surface area contributed by atoms with Crippen molar-refractivity contribution in [1.82, 2.24) is 0 Å². The van der Waals surface area contributed by atoms with Gasteiger partial charge in [0.15, 0.2) is 23.0 Å². The Morgan fingerprint density at radius 2 is 1.68 bits per heavy atom. The molecular formula is C21H19NO6. The van der Waals surface area contributed by atoms with Crippen LogP contribution in [0.3, 0.4) is 0 Å². The molecule has 0 unspecified atom stereocenters. The number of hydrogen-bond acceptors (Lipinski definition) is 6.